The number of hydrogen-bond acceptors (Lipinski definition) is 3. The maximum absolute atomic E-state index is 12.4. The van der Waals surface area contributed by atoms with Gasteiger partial charge in [-0.2, -0.15) is 0 Å². The highest BCUT2D eigenvalue weighted by Gasteiger charge is 2.22. The number of furan rings is 1. The van der Waals surface area contributed by atoms with E-state index < -0.39 is 10.8 Å². The van der Waals surface area contributed by atoms with Crippen LogP contribution in [0.3, 0.4) is 0 Å². The number of carbonyl (C=O) groups is 1. The van der Waals surface area contributed by atoms with Gasteiger partial charge in [0.2, 0.25) is 0 Å². The zero-order valence-electron chi connectivity index (χ0n) is 12.6. The molecule has 2 aromatic rings. The zero-order chi connectivity index (χ0) is 15.5. The van der Waals surface area contributed by atoms with E-state index in [1.54, 1.807) is 17.0 Å². The molecule has 1 fully saturated rings. The van der Waals surface area contributed by atoms with Crippen molar-refractivity contribution in [2.24, 2.45) is 0 Å². The minimum atomic E-state index is -1.17. The highest BCUT2D eigenvalue weighted by molar-refractivity contribution is 7.84. The van der Waals surface area contributed by atoms with Crippen LogP contribution < -0.4 is 0 Å². The zero-order valence-corrected chi connectivity index (χ0v) is 13.4. The van der Waals surface area contributed by atoms with E-state index in [9.17, 15) is 9.00 Å². The maximum Gasteiger partial charge on any atom is 0.289 e. The summed E-state index contributed by atoms with van der Waals surface area (Å²) in [5.74, 6) is 1.15. The van der Waals surface area contributed by atoms with Crippen molar-refractivity contribution in [1.29, 1.82) is 0 Å². The van der Waals surface area contributed by atoms with Crippen LogP contribution in [0.5, 0.6) is 0 Å². The number of hydrogen-bond donors (Lipinski definition) is 0. The fourth-order valence-electron chi connectivity index (χ4n) is 2.62. The van der Waals surface area contributed by atoms with Crippen molar-refractivity contribution >= 4 is 16.7 Å². The Bertz CT molecular complexity index is 701. The summed E-state index contributed by atoms with van der Waals surface area (Å²) in [7, 11) is -1.17. The predicted molar refractivity (Wildman–Crippen MR) is 85.1 cm³/mol. The number of likely N-dealkylation sites (tertiary alicyclic amines) is 1. The number of rotatable bonds is 4. The van der Waals surface area contributed by atoms with Gasteiger partial charge in [0.25, 0.3) is 5.91 Å². The summed E-state index contributed by atoms with van der Waals surface area (Å²) >= 11 is 0. The first-order valence-electron chi connectivity index (χ1n) is 7.46. The molecule has 0 bridgehead atoms. The Kier molecular flexibility index (Phi) is 4.43. The molecule has 116 valence electrons. The minimum Gasteiger partial charge on any atom is -0.455 e. The SMILES string of the molecule is Cc1cccc([S@@](=O)Cc2ccc(C(=O)N3CCCC3)o2)c1. The van der Waals surface area contributed by atoms with Crippen molar-refractivity contribution in [3.8, 4) is 0 Å². The van der Waals surface area contributed by atoms with Crippen LogP contribution in [-0.4, -0.2) is 28.1 Å². The van der Waals surface area contributed by atoms with E-state index in [1.807, 2.05) is 31.2 Å². The first kappa shape index (κ1) is 15.0. The van der Waals surface area contributed by atoms with Crippen molar-refractivity contribution in [2.45, 2.75) is 30.4 Å². The Hall–Kier alpha value is -1.88. The molecule has 0 spiro atoms. The van der Waals surface area contributed by atoms with E-state index in [0.29, 0.717) is 11.5 Å². The Morgan fingerprint density at radius 3 is 2.73 bits per heavy atom. The normalized spacial score (nSPS) is 16.0. The van der Waals surface area contributed by atoms with Gasteiger partial charge in [0, 0.05) is 18.0 Å². The van der Waals surface area contributed by atoms with Crippen LogP contribution in [0.25, 0.3) is 0 Å². The second-order valence-electron chi connectivity index (χ2n) is 5.57. The molecule has 1 aliphatic heterocycles. The van der Waals surface area contributed by atoms with Crippen molar-refractivity contribution < 1.29 is 13.4 Å². The molecule has 22 heavy (non-hydrogen) atoms. The average molecular weight is 317 g/mol. The third kappa shape index (κ3) is 3.30. The lowest BCUT2D eigenvalue weighted by Crippen LogP contribution is -2.27. The van der Waals surface area contributed by atoms with Crippen LogP contribution in [-0.2, 0) is 16.6 Å². The fraction of sp³-hybridized carbons (Fsp3) is 0.353. The lowest BCUT2D eigenvalue weighted by atomic mass is 10.2. The van der Waals surface area contributed by atoms with Crippen molar-refractivity contribution in [1.82, 2.24) is 4.90 Å². The van der Waals surface area contributed by atoms with Gasteiger partial charge in [0.05, 0.1) is 16.6 Å². The van der Waals surface area contributed by atoms with Gasteiger partial charge in [-0.25, -0.2) is 0 Å². The molecule has 1 aromatic carbocycles. The lowest BCUT2D eigenvalue weighted by molar-refractivity contribution is 0.0759. The highest BCUT2D eigenvalue weighted by atomic mass is 32.2. The van der Waals surface area contributed by atoms with E-state index in [2.05, 4.69) is 0 Å². The molecule has 0 aliphatic carbocycles. The second kappa shape index (κ2) is 6.48. The maximum atomic E-state index is 12.4. The summed E-state index contributed by atoms with van der Waals surface area (Å²) in [5.41, 5.74) is 1.08. The molecule has 0 N–H and O–H groups in total. The van der Waals surface area contributed by atoms with Gasteiger partial charge in [-0.1, -0.05) is 12.1 Å². The van der Waals surface area contributed by atoms with Crippen molar-refractivity contribution in [2.75, 3.05) is 13.1 Å². The molecule has 0 saturated carbocycles. The third-order valence-electron chi connectivity index (χ3n) is 3.79. The molecule has 1 aromatic heterocycles. The Balaban J connectivity index is 1.69. The van der Waals surface area contributed by atoms with Gasteiger partial charge < -0.3 is 9.32 Å². The van der Waals surface area contributed by atoms with E-state index in [1.165, 1.54) is 0 Å². The summed E-state index contributed by atoms with van der Waals surface area (Å²) in [6.45, 7) is 3.56. The van der Waals surface area contributed by atoms with Crippen molar-refractivity contribution in [3.05, 3.63) is 53.5 Å². The predicted octanol–water partition coefficient (Wildman–Crippen LogP) is 3.13. The molecule has 1 amide bonds. The van der Waals surface area contributed by atoms with E-state index in [-0.39, 0.29) is 11.7 Å². The van der Waals surface area contributed by atoms with Gasteiger partial charge in [-0.05, 0) is 49.6 Å². The molecule has 5 heteroatoms. The number of carbonyl (C=O) groups excluding carboxylic acids is 1. The standard InChI is InChI=1S/C17H19NO3S/c1-13-5-4-6-15(11-13)22(20)12-14-7-8-16(21-14)17(19)18-9-2-3-10-18/h4-8,11H,2-3,9-10,12H2,1H3/t22-/m0/s1. The van der Waals surface area contributed by atoms with Crippen LogP contribution in [0.4, 0.5) is 0 Å². The molecule has 2 heterocycles. The molecule has 0 unspecified atom stereocenters. The smallest absolute Gasteiger partial charge is 0.289 e. The van der Waals surface area contributed by atoms with E-state index in [4.69, 9.17) is 4.42 Å². The Labute approximate surface area is 132 Å². The quantitative estimate of drug-likeness (QED) is 0.870. The lowest BCUT2D eigenvalue weighted by Gasteiger charge is -2.12. The first-order chi connectivity index (χ1) is 10.6. The Morgan fingerprint density at radius 1 is 1.23 bits per heavy atom. The summed E-state index contributed by atoms with van der Waals surface area (Å²) in [5, 5.41) is 0. The topological polar surface area (TPSA) is 50.5 Å². The third-order valence-corrected chi connectivity index (χ3v) is 5.12. The van der Waals surface area contributed by atoms with E-state index >= 15 is 0 Å². The van der Waals surface area contributed by atoms with Crippen molar-refractivity contribution in [3.63, 3.8) is 0 Å². The summed E-state index contributed by atoms with van der Waals surface area (Å²) in [4.78, 5) is 14.8. The molecule has 1 saturated heterocycles. The highest BCUT2D eigenvalue weighted by Crippen LogP contribution is 2.18. The number of aryl methyl sites for hydroxylation is 1. The van der Waals surface area contributed by atoms with E-state index in [0.717, 1.165) is 36.4 Å². The number of amides is 1. The molecule has 4 nitrogen and oxygen atoms in total. The molecule has 1 atom stereocenters. The second-order valence-corrected chi connectivity index (χ2v) is 7.02. The average Bonchev–Trinajstić information content (AvgIpc) is 3.18. The largest absolute Gasteiger partial charge is 0.455 e. The van der Waals surface area contributed by atoms with Crippen LogP contribution in [0.2, 0.25) is 0 Å². The Morgan fingerprint density at radius 2 is 2.00 bits per heavy atom. The molecular weight excluding hydrogens is 298 g/mol. The first-order valence-corrected chi connectivity index (χ1v) is 8.78. The number of benzene rings is 1. The van der Waals surface area contributed by atoms with Gasteiger partial charge in [-0.3, -0.25) is 9.00 Å². The summed E-state index contributed by atoms with van der Waals surface area (Å²) < 4.78 is 18.0. The van der Waals surface area contributed by atoms with Gasteiger partial charge >= 0.3 is 0 Å². The van der Waals surface area contributed by atoms with Crippen LogP contribution in [0, 0.1) is 6.92 Å². The summed E-state index contributed by atoms with van der Waals surface area (Å²) in [6, 6.07) is 11.1. The molecule has 1 aliphatic rings. The minimum absolute atomic E-state index is 0.0647. The van der Waals surface area contributed by atoms with Crippen LogP contribution >= 0.6 is 0 Å². The van der Waals surface area contributed by atoms with Gasteiger partial charge in [-0.15, -0.1) is 0 Å². The summed E-state index contributed by atoms with van der Waals surface area (Å²) in [6.07, 6.45) is 2.10. The molecule has 3 rings (SSSR count). The molecule has 0 radical (unpaired) electrons. The van der Waals surface area contributed by atoms with Crippen LogP contribution in [0.15, 0.2) is 45.7 Å². The molecular formula is C17H19NO3S. The van der Waals surface area contributed by atoms with Gasteiger partial charge in [0.1, 0.15) is 5.76 Å². The fourth-order valence-corrected chi connectivity index (χ4v) is 3.74. The number of nitrogens with zero attached hydrogens (tertiary/aromatic N) is 1. The van der Waals surface area contributed by atoms with Crippen LogP contribution in [0.1, 0.15) is 34.7 Å². The van der Waals surface area contributed by atoms with Gasteiger partial charge in [0.15, 0.2) is 5.76 Å². The monoisotopic (exact) mass is 317 g/mol.